The summed E-state index contributed by atoms with van der Waals surface area (Å²) in [6.07, 6.45) is 13.4. The summed E-state index contributed by atoms with van der Waals surface area (Å²) >= 11 is 5.49. The Morgan fingerprint density at radius 1 is 1.16 bits per heavy atom. The highest BCUT2D eigenvalue weighted by molar-refractivity contribution is 9.09. The molecule has 6 atom stereocenters. The Kier molecular flexibility index (Phi) is 10.4. The summed E-state index contributed by atoms with van der Waals surface area (Å²) in [6.45, 7) is 9.01. The van der Waals surface area contributed by atoms with Crippen molar-refractivity contribution in [2.75, 3.05) is 26.3 Å². The van der Waals surface area contributed by atoms with Crippen LogP contribution in [0.3, 0.4) is 0 Å². The van der Waals surface area contributed by atoms with Crippen LogP contribution in [0.2, 0.25) is 0 Å². The number of carbonyl (C=O) groups excluding carboxylic acids is 3. The Hall–Kier alpha value is -1.32. The molecule has 3 saturated heterocycles. The second kappa shape index (κ2) is 13.4. The van der Waals surface area contributed by atoms with Crippen LogP contribution in [-0.2, 0) is 19.1 Å². The molecule has 1 aliphatic carbocycles. The van der Waals surface area contributed by atoms with Gasteiger partial charge in [0.1, 0.15) is 6.04 Å². The predicted octanol–water partition coefficient (Wildman–Crippen LogP) is 4.47. The van der Waals surface area contributed by atoms with E-state index in [1.807, 2.05) is 9.80 Å². The fourth-order valence-corrected chi connectivity index (χ4v) is 10.7. The highest BCUT2D eigenvalue weighted by Gasteiger charge is 2.76. The first-order valence-corrected chi connectivity index (χ1v) is 16.1. The number of rotatable bonds is 14. The van der Waals surface area contributed by atoms with Crippen LogP contribution in [0, 0.1) is 11.8 Å². The van der Waals surface area contributed by atoms with Crippen molar-refractivity contribution in [3.63, 3.8) is 0 Å². The molecule has 0 aromatic rings. The maximum Gasteiger partial charge on any atom is 0.310 e. The zero-order chi connectivity index (χ0) is 27.3. The van der Waals surface area contributed by atoms with Crippen LogP contribution in [0.25, 0.3) is 0 Å². The van der Waals surface area contributed by atoms with Crippen molar-refractivity contribution in [2.24, 2.45) is 11.8 Å². The standard InChI is InChI=1S/C29H43BrN2O5S/c1-3-5-18-37-28(36)22-23-26(34)32(16-11-6-7-12-17-33)25(29(23)19-21(30)24(22)38-29)27(35)31(15-4-2)20-13-9-8-10-14-20/h3-4,20-25,33H,1-2,5-19H2/t21?,22-,23-,24-,25?,29?/m0/s1. The molecular formula is C29H43BrN2O5S. The van der Waals surface area contributed by atoms with E-state index in [0.717, 1.165) is 51.4 Å². The predicted molar refractivity (Wildman–Crippen MR) is 154 cm³/mol. The molecule has 2 bridgehead atoms. The van der Waals surface area contributed by atoms with E-state index in [0.29, 0.717) is 25.9 Å². The fraction of sp³-hybridized carbons (Fsp3) is 0.759. The maximum atomic E-state index is 14.5. The molecule has 1 saturated carbocycles. The summed E-state index contributed by atoms with van der Waals surface area (Å²) in [5.41, 5.74) is 0. The van der Waals surface area contributed by atoms with E-state index in [-0.39, 0.29) is 47.1 Å². The second-order valence-corrected chi connectivity index (χ2v) is 13.9. The molecule has 4 rings (SSSR count). The van der Waals surface area contributed by atoms with Gasteiger partial charge >= 0.3 is 5.97 Å². The lowest BCUT2D eigenvalue weighted by atomic mass is 9.71. The third kappa shape index (κ3) is 5.62. The molecule has 0 aromatic carbocycles. The van der Waals surface area contributed by atoms with Crippen molar-refractivity contribution in [3.8, 4) is 0 Å². The van der Waals surface area contributed by atoms with Gasteiger partial charge in [0, 0.05) is 35.8 Å². The van der Waals surface area contributed by atoms with Gasteiger partial charge in [0.15, 0.2) is 0 Å². The number of ether oxygens (including phenoxy) is 1. The zero-order valence-corrected chi connectivity index (χ0v) is 24.8. The van der Waals surface area contributed by atoms with Gasteiger partial charge in [-0.3, -0.25) is 14.4 Å². The van der Waals surface area contributed by atoms with Gasteiger partial charge in [0.05, 0.1) is 23.2 Å². The van der Waals surface area contributed by atoms with Crippen molar-refractivity contribution in [3.05, 3.63) is 25.3 Å². The van der Waals surface area contributed by atoms with Crippen LogP contribution in [-0.4, -0.2) is 85.9 Å². The molecule has 4 fully saturated rings. The number of thioether (sulfide) groups is 1. The number of amides is 2. The highest BCUT2D eigenvalue weighted by atomic mass is 79.9. The number of esters is 1. The van der Waals surface area contributed by atoms with Gasteiger partial charge < -0.3 is 19.6 Å². The third-order valence-corrected chi connectivity index (χ3v) is 12.0. The van der Waals surface area contributed by atoms with Crippen molar-refractivity contribution in [1.29, 1.82) is 0 Å². The Morgan fingerprint density at radius 2 is 1.89 bits per heavy atom. The minimum absolute atomic E-state index is 0.0107. The summed E-state index contributed by atoms with van der Waals surface area (Å²) < 4.78 is 4.97. The van der Waals surface area contributed by atoms with E-state index in [9.17, 15) is 14.4 Å². The Balaban J connectivity index is 1.65. The van der Waals surface area contributed by atoms with Gasteiger partial charge in [-0.15, -0.1) is 24.9 Å². The van der Waals surface area contributed by atoms with E-state index in [1.165, 1.54) is 6.42 Å². The van der Waals surface area contributed by atoms with E-state index in [1.54, 1.807) is 23.9 Å². The van der Waals surface area contributed by atoms with Crippen molar-refractivity contribution >= 4 is 45.5 Å². The minimum Gasteiger partial charge on any atom is -0.465 e. The molecule has 1 spiro atoms. The first kappa shape index (κ1) is 29.7. The lowest BCUT2D eigenvalue weighted by Gasteiger charge is -2.41. The van der Waals surface area contributed by atoms with E-state index in [2.05, 4.69) is 29.1 Å². The second-order valence-electron chi connectivity index (χ2n) is 11.1. The smallest absolute Gasteiger partial charge is 0.310 e. The molecule has 212 valence electrons. The average Bonchev–Trinajstić information content (AvgIpc) is 3.51. The summed E-state index contributed by atoms with van der Waals surface area (Å²) in [7, 11) is 0. The molecule has 9 heteroatoms. The number of halogens is 1. The third-order valence-electron chi connectivity index (χ3n) is 8.79. The molecule has 4 aliphatic rings. The number of nitrogens with zero attached hydrogens (tertiary/aromatic N) is 2. The summed E-state index contributed by atoms with van der Waals surface area (Å²) in [5, 5.41) is 9.06. The summed E-state index contributed by atoms with van der Waals surface area (Å²) in [4.78, 5) is 45.9. The fourth-order valence-electron chi connectivity index (χ4n) is 7.11. The molecule has 1 N–H and O–H groups in total. The molecule has 2 amide bonds. The largest absolute Gasteiger partial charge is 0.465 e. The monoisotopic (exact) mass is 610 g/mol. The van der Waals surface area contributed by atoms with E-state index in [4.69, 9.17) is 9.84 Å². The number of hydrogen-bond donors (Lipinski definition) is 1. The lowest BCUT2D eigenvalue weighted by Crippen LogP contribution is -2.57. The number of unbranched alkanes of at least 4 members (excludes halogenated alkanes) is 3. The normalized spacial score (nSPS) is 32.3. The van der Waals surface area contributed by atoms with Crippen LogP contribution in [0.4, 0.5) is 0 Å². The van der Waals surface area contributed by atoms with Gasteiger partial charge in [-0.05, 0) is 38.5 Å². The maximum absolute atomic E-state index is 14.5. The minimum atomic E-state index is -0.645. The molecule has 7 nitrogen and oxygen atoms in total. The number of likely N-dealkylation sites (tertiary alicyclic amines) is 1. The van der Waals surface area contributed by atoms with Crippen molar-refractivity contribution in [1.82, 2.24) is 9.80 Å². The van der Waals surface area contributed by atoms with Crippen LogP contribution in [0.1, 0.15) is 70.6 Å². The van der Waals surface area contributed by atoms with Crippen molar-refractivity contribution in [2.45, 2.75) is 97.5 Å². The summed E-state index contributed by atoms with van der Waals surface area (Å²) in [5.74, 6) is -1.51. The zero-order valence-electron chi connectivity index (χ0n) is 22.4. The highest BCUT2D eigenvalue weighted by Crippen LogP contribution is 2.68. The van der Waals surface area contributed by atoms with Gasteiger partial charge in [-0.2, -0.15) is 0 Å². The lowest BCUT2D eigenvalue weighted by molar-refractivity contribution is -0.154. The first-order valence-electron chi connectivity index (χ1n) is 14.3. The van der Waals surface area contributed by atoms with Crippen LogP contribution in [0.15, 0.2) is 25.3 Å². The molecular weight excluding hydrogens is 568 g/mol. The Labute approximate surface area is 239 Å². The van der Waals surface area contributed by atoms with Crippen LogP contribution >= 0.6 is 27.7 Å². The number of carbonyl (C=O) groups is 3. The Bertz CT molecular complexity index is 896. The number of alkyl halides is 1. The molecule has 3 heterocycles. The van der Waals surface area contributed by atoms with Crippen molar-refractivity contribution < 1.29 is 24.2 Å². The number of hydrogen-bond acceptors (Lipinski definition) is 6. The van der Waals surface area contributed by atoms with Gasteiger partial charge in [-0.1, -0.05) is 60.2 Å². The number of aliphatic hydroxyl groups is 1. The van der Waals surface area contributed by atoms with E-state index >= 15 is 0 Å². The van der Waals surface area contributed by atoms with Gasteiger partial charge in [0.25, 0.3) is 0 Å². The quantitative estimate of drug-likeness (QED) is 0.135. The van der Waals surface area contributed by atoms with Crippen LogP contribution in [0.5, 0.6) is 0 Å². The van der Waals surface area contributed by atoms with E-state index < -0.39 is 22.6 Å². The molecule has 3 aliphatic heterocycles. The molecule has 3 unspecified atom stereocenters. The molecule has 0 aromatic heterocycles. The first-order chi connectivity index (χ1) is 18.4. The number of aliphatic hydroxyl groups excluding tert-OH is 1. The molecule has 38 heavy (non-hydrogen) atoms. The average molecular weight is 612 g/mol. The van der Waals surface area contributed by atoms with Gasteiger partial charge in [0.2, 0.25) is 11.8 Å². The topological polar surface area (TPSA) is 87.1 Å². The van der Waals surface area contributed by atoms with Crippen LogP contribution < -0.4 is 0 Å². The van der Waals surface area contributed by atoms with Gasteiger partial charge in [-0.25, -0.2) is 0 Å². The summed E-state index contributed by atoms with van der Waals surface area (Å²) in [6, 6.07) is -0.435. The molecule has 0 radical (unpaired) electrons. The SMILES string of the molecule is C=CCCOC(=O)[C@H]1[C@H]2C(=O)N(CCCCCCO)C(C(=O)N(CC=C)C3CCCCC3)C23CC(Br)[C@@H]1S3. The Morgan fingerprint density at radius 3 is 2.58 bits per heavy atom. The number of fused-ring (bicyclic) bond motifs is 1.